The summed E-state index contributed by atoms with van der Waals surface area (Å²) in [4.78, 5) is 10.4. The molecule has 0 amide bonds. The molecular weight excluding hydrogens is 220 g/mol. The van der Waals surface area contributed by atoms with Gasteiger partial charge in [0.2, 0.25) is 0 Å². The summed E-state index contributed by atoms with van der Waals surface area (Å²) in [6.07, 6.45) is 1.22. The van der Waals surface area contributed by atoms with Crippen molar-refractivity contribution in [1.82, 2.24) is 0 Å². The number of rotatable bonds is 6. The zero-order chi connectivity index (χ0) is 12.9. The third kappa shape index (κ3) is 3.42. The predicted octanol–water partition coefficient (Wildman–Crippen LogP) is 2.56. The molecule has 0 aliphatic heterocycles. The third-order valence-electron chi connectivity index (χ3n) is 3.02. The Kier molecular flexibility index (Phi) is 4.45. The van der Waals surface area contributed by atoms with Crippen molar-refractivity contribution >= 4 is 11.4 Å². The predicted molar refractivity (Wildman–Crippen MR) is 67.1 cm³/mol. The van der Waals surface area contributed by atoms with Gasteiger partial charge in [0.1, 0.15) is 5.69 Å². The number of hydrogen-bond donors (Lipinski definition) is 2. The molecule has 1 rings (SSSR count). The summed E-state index contributed by atoms with van der Waals surface area (Å²) in [6, 6.07) is 6.44. The van der Waals surface area contributed by atoms with Gasteiger partial charge in [0.15, 0.2) is 0 Å². The lowest BCUT2D eigenvalue weighted by molar-refractivity contribution is -0.384. The quantitative estimate of drug-likeness (QED) is 0.590. The monoisotopic (exact) mass is 238 g/mol. The molecule has 5 nitrogen and oxygen atoms in total. The Labute approximate surface area is 101 Å². The van der Waals surface area contributed by atoms with Gasteiger partial charge in [-0.3, -0.25) is 10.1 Å². The number of nitro benzene ring substituents is 1. The number of nitrogens with one attached hydrogen (secondary N) is 1. The molecule has 0 heterocycles. The first kappa shape index (κ1) is 13.4. The van der Waals surface area contributed by atoms with Crippen molar-refractivity contribution in [3.05, 3.63) is 34.4 Å². The fourth-order valence-corrected chi connectivity index (χ4v) is 1.54. The Balaban J connectivity index is 2.79. The highest BCUT2D eigenvalue weighted by molar-refractivity contribution is 5.61. The molecule has 0 spiro atoms. The number of para-hydroxylation sites is 2. The molecule has 2 N–H and O–H groups in total. The Morgan fingerprint density at radius 1 is 1.35 bits per heavy atom. The van der Waals surface area contributed by atoms with Crippen molar-refractivity contribution < 1.29 is 10.0 Å². The summed E-state index contributed by atoms with van der Waals surface area (Å²) in [7, 11) is 0. The van der Waals surface area contributed by atoms with Crippen LogP contribution in [0.2, 0.25) is 0 Å². The van der Waals surface area contributed by atoms with Gasteiger partial charge >= 0.3 is 0 Å². The topological polar surface area (TPSA) is 75.4 Å². The maximum absolute atomic E-state index is 10.8. The summed E-state index contributed by atoms with van der Waals surface area (Å²) in [5, 5.41) is 23.8. The maximum Gasteiger partial charge on any atom is 0.292 e. The fraction of sp³-hybridized carbons (Fsp3) is 0.500. The first-order valence-electron chi connectivity index (χ1n) is 5.72. The van der Waals surface area contributed by atoms with E-state index in [-0.39, 0.29) is 5.69 Å². The van der Waals surface area contributed by atoms with Crippen LogP contribution in [-0.4, -0.2) is 22.2 Å². The van der Waals surface area contributed by atoms with Crippen LogP contribution in [-0.2, 0) is 0 Å². The number of anilines is 1. The van der Waals surface area contributed by atoms with E-state index in [2.05, 4.69) is 5.32 Å². The molecule has 0 aliphatic rings. The molecule has 0 atom stereocenters. The minimum absolute atomic E-state index is 0.0297. The normalized spacial score (nSPS) is 11.2. The molecule has 5 heteroatoms. The van der Waals surface area contributed by atoms with Gasteiger partial charge in [-0.15, -0.1) is 0 Å². The Morgan fingerprint density at radius 3 is 2.47 bits per heavy atom. The third-order valence-corrected chi connectivity index (χ3v) is 3.02. The molecular formula is C12H18N2O3. The Hall–Kier alpha value is -1.62. The molecule has 17 heavy (non-hydrogen) atoms. The number of nitro groups is 1. The molecule has 0 bridgehead atoms. The molecule has 0 saturated carbocycles. The molecule has 0 aromatic heterocycles. The molecule has 0 radical (unpaired) electrons. The molecule has 0 aliphatic carbocycles. The van der Waals surface area contributed by atoms with E-state index in [9.17, 15) is 15.2 Å². The van der Waals surface area contributed by atoms with Crippen LogP contribution >= 0.6 is 0 Å². The van der Waals surface area contributed by atoms with E-state index in [1.54, 1.807) is 18.2 Å². The number of nitrogens with zero attached hydrogens (tertiary/aromatic N) is 1. The van der Waals surface area contributed by atoms with Gasteiger partial charge in [0, 0.05) is 12.6 Å². The average molecular weight is 238 g/mol. The van der Waals surface area contributed by atoms with Crippen LogP contribution in [0.3, 0.4) is 0 Å². The van der Waals surface area contributed by atoms with Gasteiger partial charge in [-0.25, -0.2) is 0 Å². The van der Waals surface area contributed by atoms with E-state index < -0.39 is 10.5 Å². The molecule has 0 unspecified atom stereocenters. The van der Waals surface area contributed by atoms with Crippen LogP contribution < -0.4 is 5.32 Å². The SMILES string of the molecule is CCC(O)(CC)CNc1ccccc1[N+](=O)[O-]. The number of hydrogen-bond acceptors (Lipinski definition) is 4. The lowest BCUT2D eigenvalue weighted by atomic mass is 9.97. The highest BCUT2D eigenvalue weighted by Gasteiger charge is 2.23. The van der Waals surface area contributed by atoms with Gasteiger partial charge in [-0.05, 0) is 18.9 Å². The van der Waals surface area contributed by atoms with E-state index in [1.165, 1.54) is 6.07 Å². The summed E-state index contributed by atoms with van der Waals surface area (Å²) < 4.78 is 0. The summed E-state index contributed by atoms with van der Waals surface area (Å²) in [5.74, 6) is 0. The van der Waals surface area contributed by atoms with Crippen LogP contribution in [0.5, 0.6) is 0 Å². The van der Waals surface area contributed by atoms with E-state index in [0.29, 0.717) is 25.1 Å². The number of benzene rings is 1. The van der Waals surface area contributed by atoms with Crippen LogP contribution in [0.15, 0.2) is 24.3 Å². The Morgan fingerprint density at radius 2 is 1.94 bits per heavy atom. The molecule has 94 valence electrons. The molecule has 1 aromatic rings. The first-order valence-corrected chi connectivity index (χ1v) is 5.72. The van der Waals surface area contributed by atoms with Gasteiger partial charge in [0.05, 0.1) is 10.5 Å². The second-order valence-corrected chi connectivity index (χ2v) is 4.06. The minimum Gasteiger partial charge on any atom is -0.388 e. The summed E-state index contributed by atoms with van der Waals surface area (Å²) >= 11 is 0. The molecule has 1 aromatic carbocycles. The lowest BCUT2D eigenvalue weighted by Gasteiger charge is -2.25. The van der Waals surface area contributed by atoms with Crippen LogP contribution in [0.4, 0.5) is 11.4 Å². The summed E-state index contributed by atoms with van der Waals surface area (Å²) in [6.45, 7) is 4.10. The zero-order valence-corrected chi connectivity index (χ0v) is 10.1. The van der Waals surface area contributed by atoms with Gasteiger partial charge in [-0.2, -0.15) is 0 Å². The maximum atomic E-state index is 10.8. The van der Waals surface area contributed by atoms with Crippen molar-refractivity contribution in [1.29, 1.82) is 0 Å². The second-order valence-electron chi connectivity index (χ2n) is 4.06. The van der Waals surface area contributed by atoms with Crippen molar-refractivity contribution in [2.24, 2.45) is 0 Å². The van der Waals surface area contributed by atoms with Crippen molar-refractivity contribution in [2.75, 3.05) is 11.9 Å². The van der Waals surface area contributed by atoms with Gasteiger partial charge < -0.3 is 10.4 Å². The smallest absolute Gasteiger partial charge is 0.292 e. The zero-order valence-electron chi connectivity index (χ0n) is 10.1. The second kappa shape index (κ2) is 5.63. The van der Waals surface area contributed by atoms with E-state index in [0.717, 1.165) is 0 Å². The average Bonchev–Trinajstić information content (AvgIpc) is 2.36. The van der Waals surface area contributed by atoms with E-state index >= 15 is 0 Å². The van der Waals surface area contributed by atoms with Crippen LogP contribution in [0.25, 0.3) is 0 Å². The lowest BCUT2D eigenvalue weighted by Crippen LogP contribution is -2.35. The van der Waals surface area contributed by atoms with E-state index in [1.807, 2.05) is 13.8 Å². The fourth-order valence-electron chi connectivity index (χ4n) is 1.54. The van der Waals surface area contributed by atoms with E-state index in [4.69, 9.17) is 0 Å². The number of aliphatic hydroxyl groups is 1. The van der Waals surface area contributed by atoms with Gasteiger partial charge in [0.25, 0.3) is 5.69 Å². The standard InChI is InChI=1S/C12H18N2O3/c1-3-12(15,4-2)9-13-10-7-5-6-8-11(10)14(16)17/h5-8,13,15H,3-4,9H2,1-2H3. The van der Waals surface area contributed by atoms with Crippen LogP contribution in [0, 0.1) is 10.1 Å². The minimum atomic E-state index is -0.816. The van der Waals surface area contributed by atoms with Crippen molar-refractivity contribution in [3.63, 3.8) is 0 Å². The Bertz CT molecular complexity index is 389. The van der Waals surface area contributed by atoms with Gasteiger partial charge in [-0.1, -0.05) is 26.0 Å². The summed E-state index contributed by atoms with van der Waals surface area (Å²) in [5.41, 5.74) is -0.344. The van der Waals surface area contributed by atoms with Crippen molar-refractivity contribution in [2.45, 2.75) is 32.3 Å². The highest BCUT2D eigenvalue weighted by Crippen LogP contribution is 2.24. The van der Waals surface area contributed by atoms with Crippen LogP contribution in [0.1, 0.15) is 26.7 Å². The highest BCUT2D eigenvalue weighted by atomic mass is 16.6. The molecule has 0 fully saturated rings. The largest absolute Gasteiger partial charge is 0.388 e. The molecule has 0 saturated heterocycles. The van der Waals surface area contributed by atoms with Crippen molar-refractivity contribution in [3.8, 4) is 0 Å². The first-order chi connectivity index (χ1) is 8.02.